The SMILES string of the molecule is C=CCCC(OCC#CCOC(=O)C(C)(C)C)c1ccccc1. The number of carbonyl (C=O) groups excluding carboxylic acids is 1. The summed E-state index contributed by atoms with van der Waals surface area (Å²) in [6.07, 6.45) is 3.64. The molecule has 0 aliphatic rings. The summed E-state index contributed by atoms with van der Waals surface area (Å²) in [4.78, 5) is 11.6. The lowest BCUT2D eigenvalue weighted by atomic mass is 9.97. The zero-order chi connectivity index (χ0) is 17.1. The van der Waals surface area contributed by atoms with Crippen LogP contribution in [0.5, 0.6) is 0 Å². The van der Waals surface area contributed by atoms with Crippen LogP contribution < -0.4 is 0 Å². The molecule has 1 rings (SSSR count). The molecule has 1 aromatic rings. The Balaban J connectivity index is 2.43. The fourth-order valence-electron chi connectivity index (χ4n) is 1.85. The predicted octanol–water partition coefficient (Wildman–Crippen LogP) is 4.30. The Morgan fingerprint density at radius 2 is 1.87 bits per heavy atom. The van der Waals surface area contributed by atoms with Gasteiger partial charge in [-0.2, -0.15) is 0 Å². The van der Waals surface area contributed by atoms with Gasteiger partial charge in [0, 0.05) is 0 Å². The molecule has 0 heterocycles. The van der Waals surface area contributed by atoms with Crippen molar-refractivity contribution in [1.82, 2.24) is 0 Å². The first-order valence-corrected chi connectivity index (χ1v) is 7.85. The van der Waals surface area contributed by atoms with Crippen LogP contribution in [0.15, 0.2) is 43.0 Å². The second-order valence-electron chi connectivity index (χ2n) is 6.26. The fraction of sp³-hybridized carbons (Fsp3) is 0.450. The van der Waals surface area contributed by atoms with Crippen molar-refractivity contribution in [3.63, 3.8) is 0 Å². The molecule has 0 radical (unpaired) electrons. The van der Waals surface area contributed by atoms with Crippen LogP contribution >= 0.6 is 0 Å². The molecule has 0 fully saturated rings. The molecule has 1 unspecified atom stereocenters. The number of rotatable bonds is 7. The van der Waals surface area contributed by atoms with E-state index in [0.29, 0.717) is 6.61 Å². The van der Waals surface area contributed by atoms with Gasteiger partial charge in [-0.3, -0.25) is 4.79 Å². The molecule has 0 spiro atoms. The highest BCUT2D eigenvalue weighted by molar-refractivity contribution is 5.75. The highest BCUT2D eigenvalue weighted by Gasteiger charge is 2.22. The lowest BCUT2D eigenvalue weighted by Crippen LogP contribution is -2.23. The van der Waals surface area contributed by atoms with Crippen molar-refractivity contribution in [3.05, 3.63) is 48.6 Å². The van der Waals surface area contributed by atoms with Crippen LogP contribution in [0.4, 0.5) is 0 Å². The second-order valence-corrected chi connectivity index (χ2v) is 6.26. The lowest BCUT2D eigenvalue weighted by molar-refractivity contribution is -0.151. The third kappa shape index (κ3) is 7.67. The maximum atomic E-state index is 11.6. The van der Waals surface area contributed by atoms with Crippen LogP contribution in [0.2, 0.25) is 0 Å². The van der Waals surface area contributed by atoms with Crippen molar-refractivity contribution in [3.8, 4) is 11.8 Å². The molecule has 0 saturated heterocycles. The fourth-order valence-corrected chi connectivity index (χ4v) is 1.85. The predicted molar refractivity (Wildman–Crippen MR) is 92.8 cm³/mol. The third-order valence-corrected chi connectivity index (χ3v) is 3.17. The van der Waals surface area contributed by atoms with Gasteiger partial charge < -0.3 is 9.47 Å². The van der Waals surface area contributed by atoms with Gasteiger partial charge in [-0.15, -0.1) is 6.58 Å². The Kier molecular flexibility index (Phi) is 8.15. The molecule has 0 bridgehead atoms. The quantitative estimate of drug-likeness (QED) is 0.427. The molecule has 1 aromatic carbocycles. The smallest absolute Gasteiger partial charge is 0.312 e. The first-order chi connectivity index (χ1) is 10.9. The number of carbonyl (C=O) groups is 1. The largest absolute Gasteiger partial charge is 0.452 e. The van der Waals surface area contributed by atoms with Gasteiger partial charge in [0.25, 0.3) is 0 Å². The van der Waals surface area contributed by atoms with Gasteiger partial charge in [-0.05, 0) is 39.2 Å². The van der Waals surface area contributed by atoms with E-state index >= 15 is 0 Å². The van der Waals surface area contributed by atoms with Gasteiger partial charge in [0.1, 0.15) is 6.61 Å². The second kappa shape index (κ2) is 9.86. The van der Waals surface area contributed by atoms with Gasteiger partial charge in [-0.1, -0.05) is 48.2 Å². The highest BCUT2D eigenvalue weighted by atomic mass is 16.5. The summed E-state index contributed by atoms with van der Waals surface area (Å²) in [5, 5.41) is 0. The van der Waals surface area contributed by atoms with Crippen LogP contribution in [-0.2, 0) is 14.3 Å². The van der Waals surface area contributed by atoms with Crippen molar-refractivity contribution in [1.29, 1.82) is 0 Å². The van der Waals surface area contributed by atoms with Crippen LogP contribution in [0.25, 0.3) is 0 Å². The van der Waals surface area contributed by atoms with Gasteiger partial charge >= 0.3 is 5.97 Å². The third-order valence-electron chi connectivity index (χ3n) is 3.17. The molecule has 0 aromatic heterocycles. The van der Waals surface area contributed by atoms with Crippen molar-refractivity contribution in [2.24, 2.45) is 5.41 Å². The van der Waals surface area contributed by atoms with Crippen LogP contribution in [-0.4, -0.2) is 19.2 Å². The van der Waals surface area contributed by atoms with E-state index in [9.17, 15) is 4.79 Å². The van der Waals surface area contributed by atoms with E-state index < -0.39 is 5.41 Å². The average Bonchev–Trinajstić information content (AvgIpc) is 2.53. The average molecular weight is 314 g/mol. The number of hydrogen-bond acceptors (Lipinski definition) is 3. The molecule has 3 nitrogen and oxygen atoms in total. The van der Waals surface area contributed by atoms with E-state index in [-0.39, 0.29) is 18.7 Å². The standard InChI is InChI=1S/C20H26O3/c1-5-6-14-18(17-12-8-7-9-13-17)22-15-10-11-16-23-19(21)20(2,3)4/h5,7-9,12-13,18H,1,6,14-16H2,2-4H3. The van der Waals surface area contributed by atoms with Gasteiger partial charge in [-0.25, -0.2) is 0 Å². The summed E-state index contributed by atoms with van der Waals surface area (Å²) in [5.41, 5.74) is 0.636. The van der Waals surface area contributed by atoms with E-state index in [1.807, 2.05) is 57.2 Å². The van der Waals surface area contributed by atoms with Gasteiger partial charge in [0.05, 0.1) is 11.5 Å². The summed E-state index contributed by atoms with van der Waals surface area (Å²) in [6.45, 7) is 9.61. The van der Waals surface area contributed by atoms with Crippen LogP contribution in [0.1, 0.15) is 45.3 Å². The summed E-state index contributed by atoms with van der Waals surface area (Å²) in [6, 6.07) is 10.1. The zero-order valence-corrected chi connectivity index (χ0v) is 14.3. The molecule has 0 saturated carbocycles. The Morgan fingerprint density at radius 3 is 2.48 bits per heavy atom. The van der Waals surface area contributed by atoms with Crippen molar-refractivity contribution >= 4 is 5.97 Å². The molecule has 0 N–H and O–H groups in total. The molecule has 124 valence electrons. The minimum absolute atomic E-state index is 0.000579. The van der Waals surface area contributed by atoms with Crippen LogP contribution in [0.3, 0.4) is 0 Å². The Morgan fingerprint density at radius 1 is 1.22 bits per heavy atom. The number of ether oxygens (including phenoxy) is 2. The van der Waals surface area contributed by atoms with Crippen LogP contribution in [0, 0.1) is 17.3 Å². The molecule has 1 atom stereocenters. The number of benzene rings is 1. The normalized spacial score (nSPS) is 12.0. The highest BCUT2D eigenvalue weighted by Crippen LogP contribution is 2.22. The summed E-state index contributed by atoms with van der Waals surface area (Å²) < 4.78 is 10.9. The zero-order valence-electron chi connectivity index (χ0n) is 14.3. The topological polar surface area (TPSA) is 35.5 Å². The monoisotopic (exact) mass is 314 g/mol. The lowest BCUT2D eigenvalue weighted by Gasteiger charge is -2.16. The number of allylic oxidation sites excluding steroid dienone is 1. The molecule has 0 aliphatic carbocycles. The van der Waals surface area contributed by atoms with Crippen molar-refractivity contribution in [2.75, 3.05) is 13.2 Å². The number of esters is 1. The van der Waals surface area contributed by atoms with Gasteiger partial charge in [0.2, 0.25) is 0 Å². The first-order valence-electron chi connectivity index (χ1n) is 7.85. The summed E-state index contributed by atoms with van der Waals surface area (Å²) in [7, 11) is 0. The van der Waals surface area contributed by atoms with E-state index in [2.05, 4.69) is 18.4 Å². The molecule has 23 heavy (non-hydrogen) atoms. The molecular formula is C20H26O3. The Labute approximate surface area is 139 Å². The van der Waals surface area contributed by atoms with E-state index in [1.165, 1.54) is 0 Å². The summed E-state index contributed by atoms with van der Waals surface area (Å²) in [5.74, 6) is 5.46. The Bertz CT molecular complexity index is 544. The van der Waals surface area contributed by atoms with Crippen molar-refractivity contribution in [2.45, 2.75) is 39.7 Å². The first kappa shape index (κ1) is 19.0. The summed E-state index contributed by atoms with van der Waals surface area (Å²) >= 11 is 0. The Hall–Kier alpha value is -2.05. The minimum atomic E-state index is -0.499. The van der Waals surface area contributed by atoms with E-state index in [0.717, 1.165) is 18.4 Å². The minimum Gasteiger partial charge on any atom is -0.452 e. The van der Waals surface area contributed by atoms with Gasteiger partial charge in [0.15, 0.2) is 6.61 Å². The van der Waals surface area contributed by atoms with E-state index in [1.54, 1.807) is 0 Å². The maximum absolute atomic E-state index is 11.6. The van der Waals surface area contributed by atoms with E-state index in [4.69, 9.17) is 9.47 Å². The molecule has 0 amide bonds. The molecule has 3 heteroatoms. The molecule has 0 aliphatic heterocycles. The molecular weight excluding hydrogens is 288 g/mol. The maximum Gasteiger partial charge on any atom is 0.312 e. The van der Waals surface area contributed by atoms with Crippen molar-refractivity contribution < 1.29 is 14.3 Å². The number of hydrogen-bond donors (Lipinski definition) is 0.